The lowest BCUT2D eigenvalue weighted by molar-refractivity contribution is -0.00332. The van der Waals surface area contributed by atoms with Crippen molar-refractivity contribution < 1.29 is 8.78 Å². The summed E-state index contributed by atoms with van der Waals surface area (Å²) >= 11 is 0. The van der Waals surface area contributed by atoms with E-state index < -0.39 is 12.5 Å². The van der Waals surface area contributed by atoms with E-state index in [1.165, 1.54) is 0 Å². The summed E-state index contributed by atoms with van der Waals surface area (Å²) in [5, 5.41) is 0. The smallest absolute Gasteiger partial charge is 0.260 e. The van der Waals surface area contributed by atoms with Crippen LogP contribution in [0.15, 0.2) is 0 Å². The monoisotopic (exact) mass is 215 g/mol. The van der Waals surface area contributed by atoms with Crippen LogP contribution in [0.3, 0.4) is 0 Å². The average Bonchev–Trinajstić information content (AvgIpc) is 2.50. The SMILES string of the molecule is Br.NCC(F)(F)CC1CC1. The Bertz CT molecular complexity index is 104. The first-order valence-corrected chi connectivity index (χ1v) is 3.22. The van der Waals surface area contributed by atoms with E-state index in [0.29, 0.717) is 0 Å². The Morgan fingerprint density at radius 2 is 1.90 bits per heavy atom. The van der Waals surface area contributed by atoms with E-state index in [9.17, 15) is 8.78 Å². The molecule has 1 aliphatic carbocycles. The molecule has 1 rings (SSSR count). The zero-order valence-corrected chi connectivity index (χ0v) is 7.36. The van der Waals surface area contributed by atoms with Gasteiger partial charge in [-0.25, -0.2) is 8.78 Å². The Hall–Kier alpha value is 0.300. The van der Waals surface area contributed by atoms with Crippen molar-refractivity contribution in [2.75, 3.05) is 6.54 Å². The summed E-state index contributed by atoms with van der Waals surface area (Å²) in [5.41, 5.74) is 4.83. The zero-order valence-electron chi connectivity index (χ0n) is 5.65. The van der Waals surface area contributed by atoms with Crippen molar-refractivity contribution >= 4 is 17.0 Å². The lowest BCUT2D eigenvalue weighted by atomic mass is 10.2. The molecule has 62 valence electrons. The molecule has 1 aliphatic rings. The maximum absolute atomic E-state index is 12.3. The van der Waals surface area contributed by atoms with Gasteiger partial charge in [0, 0.05) is 6.42 Å². The molecule has 10 heavy (non-hydrogen) atoms. The molecule has 1 fully saturated rings. The van der Waals surface area contributed by atoms with Gasteiger partial charge < -0.3 is 5.73 Å². The number of nitrogens with two attached hydrogens (primary N) is 1. The summed E-state index contributed by atoms with van der Waals surface area (Å²) in [6.45, 7) is -0.497. The van der Waals surface area contributed by atoms with Crippen LogP contribution in [0.25, 0.3) is 0 Å². The van der Waals surface area contributed by atoms with Gasteiger partial charge in [0.05, 0.1) is 6.54 Å². The Kier molecular flexibility index (Phi) is 3.73. The molecule has 2 N–H and O–H groups in total. The van der Waals surface area contributed by atoms with Crippen LogP contribution in [0, 0.1) is 5.92 Å². The number of alkyl halides is 2. The van der Waals surface area contributed by atoms with Crippen LogP contribution in [-0.4, -0.2) is 12.5 Å². The molecule has 0 aliphatic heterocycles. The molecule has 0 radical (unpaired) electrons. The lowest BCUT2D eigenvalue weighted by Gasteiger charge is -2.11. The van der Waals surface area contributed by atoms with E-state index >= 15 is 0 Å². The summed E-state index contributed by atoms with van der Waals surface area (Å²) in [4.78, 5) is 0. The highest BCUT2D eigenvalue weighted by Gasteiger charge is 2.35. The fourth-order valence-electron chi connectivity index (χ4n) is 0.828. The molecule has 4 heteroatoms. The number of halogens is 3. The Balaban J connectivity index is 0.000000810. The van der Waals surface area contributed by atoms with Gasteiger partial charge in [-0.05, 0) is 18.8 Å². The van der Waals surface area contributed by atoms with Crippen LogP contribution in [0.1, 0.15) is 19.3 Å². The molecule has 0 aromatic carbocycles. The van der Waals surface area contributed by atoms with Crippen LogP contribution in [0.5, 0.6) is 0 Å². The van der Waals surface area contributed by atoms with Gasteiger partial charge in [0.2, 0.25) is 0 Å². The van der Waals surface area contributed by atoms with E-state index in [1.807, 2.05) is 0 Å². The second-order valence-electron chi connectivity index (χ2n) is 2.71. The summed E-state index contributed by atoms with van der Waals surface area (Å²) < 4.78 is 24.6. The molecular formula is C6H12BrF2N. The van der Waals surface area contributed by atoms with Crippen LogP contribution >= 0.6 is 17.0 Å². The largest absolute Gasteiger partial charge is 0.325 e. The molecule has 0 atom stereocenters. The van der Waals surface area contributed by atoms with Crippen molar-refractivity contribution in [1.29, 1.82) is 0 Å². The first kappa shape index (κ1) is 10.3. The van der Waals surface area contributed by atoms with Crippen LogP contribution < -0.4 is 5.73 Å². The van der Waals surface area contributed by atoms with Gasteiger partial charge in [-0.15, -0.1) is 17.0 Å². The van der Waals surface area contributed by atoms with Crippen molar-refractivity contribution in [2.24, 2.45) is 11.7 Å². The molecule has 0 unspecified atom stereocenters. The van der Waals surface area contributed by atoms with Gasteiger partial charge in [0.1, 0.15) is 0 Å². The molecule has 0 spiro atoms. The Morgan fingerprint density at radius 3 is 2.20 bits per heavy atom. The van der Waals surface area contributed by atoms with Gasteiger partial charge in [-0.2, -0.15) is 0 Å². The van der Waals surface area contributed by atoms with Crippen molar-refractivity contribution in [3.8, 4) is 0 Å². The molecule has 1 saturated carbocycles. The van der Waals surface area contributed by atoms with Crippen molar-refractivity contribution in [3.63, 3.8) is 0 Å². The normalized spacial score (nSPS) is 18.3. The minimum Gasteiger partial charge on any atom is -0.325 e. The fraction of sp³-hybridized carbons (Fsp3) is 1.00. The highest BCUT2D eigenvalue weighted by molar-refractivity contribution is 8.93. The van der Waals surface area contributed by atoms with Crippen LogP contribution in [-0.2, 0) is 0 Å². The number of hydrogen-bond donors (Lipinski definition) is 1. The van der Waals surface area contributed by atoms with Gasteiger partial charge in [-0.3, -0.25) is 0 Å². The predicted octanol–water partition coefficient (Wildman–Crippen LogP) is 1.96. The number of hydrogen-bond acceptors (Lipinski definition) is 1. The second kappa shape index (κ2) is 3.62. The summed E-state index contributed by atoms with van der Waals surface area (Å²) in [7, 11) is 0. The van der Waals surface area contributed by atoms with E-state index in [4.69, 9.17) is 5.73 Å². The molecule has 1 nitrogen and oxygen atoms in total. The maximum atomic E-state index is 12.3. The van der Waals surface area contributed by atoms with Gasteiger partial charge >= 0.3 is 0 Å². The molecule has 0 saturated heterocycles. The molecule has 0 amide bonds. The fourth-order valence-corrected chi connectivity index (χ4v) is 0.828. The molecule has 0 aromatic rings. The molecule has 0 bridgehead atoms. The van der Waals surface area contributed by atoms with E-state index in [1.54, 1.807) is 0 Å². The van der Waals surface area contributed by atoms with E-state index in [2.05, 4.69) is 0 Å². The summed E-state index contributed by atoms with van der Waals surface area (Å²) in [6, 6.07) is 0. The zero-order chi connectivity index (χ0) is 6.91. The van der Waals surface area contributed by atoms with Crippen LogP contribution in [0.2, 0.25) is 0 Å². The second-order valence-corrected chi connectivity index (χ2v) is 2.71. The quantitative estimate of drug-likeness (QED) is 0.766. The van der Waals surface area contributed by atoms with E-state index in [0.717, 1.165) is 12.8 Å². The molecule has 0 heterocycles. The Morgan fingerprint density at radius 1 is 1.40 bits per heavy atom. The van der Waals surface area contributed by atoms with Gasteiger partial charge in [-0.1, -0.05) is 0 Å². The van der Waals surface area contributed by atoms with E-state index in [-0.39, 0.29) is 29.3 Å². The Labute approximate surface area is 69.7 Å². The molecular weight excluding hydrogens is 204 g/mol. The van der Waals surface area contributed by atoms with Crippen molar-refractivity contribution in [1.82, 2.24) is 0 Å². The highest BCUT2D eigenvalue weighted by atomic mass is 79.9. The van der Waals surface area contributed by atoms with Gasteiger partial charge in [0.15, 0.2) is 0 Å². The summed E-state index contributed by atoms with van der Waals surface area (Å²) in [5.74, 6) is -2.33. The molecule has 0 aromatic heterocycles. The third-order valence-corrected chi connectivity index (χ3v) is 1.58. The third-order valence-electron chi connectivity index (χ3n) is 1.58. The first-order valence-electron chi connectivity index (χ1n) is 3.22. The minimum atomic E-state index is -2.60. The minimum absolute atomic E-state index is 0. The maximum Gasteiger partial charge on any atom is 0.260 e. The summed E-state index contributed by atoms with van der Waals surface area (Å²) in [6.07, 6.45) is 1.94. The standard InChI is InChI=1S/C6H11F2N.BrH/c7-6(8,4-9)3-5-1-2-5;/h5H,1-4,9H2;1H. The predicted molar refractivity (Wildman–Crippen MR) is 41.7 cm³/mol. The average molecular weight is 216 g/mol. The lowest BCUT2D eigenvalue weighted by Crippen LogP contribution is -2.28. The van der Waals surface area contributed by atoms with Gasteiger partial charge in [0.25, 0.3) is 5.92 Å². The van der Waals surface area contributed by atoms with Crippen molar-refractivity contribution in [3.05, 3.63) is 0 Å². The topological polar surface area (TPSA) is 26.0 Å². The van der Waals surface area contributed by atoms with Crippen LogP contribution in [0.4, 0.5) is 8.78 Å². The highest BCUT2D eigenvalue weighted by Crippen LogP contribution is 2.38. The number of rotatable bonds is 3. The first-order chi connectivity index (χ1) is 4.14. The van der Waals surface area contributed by atoms with Crippen molar-refractivity contribution in [2.45, 2.75) is 25.2 Å². The third kappa shape index (κ3) is 3.46.